The fourth-order valence-corrected chi connectivity index (χ4v) is 7.79. The van der Waals surface area contributed by atoms with Crippen molar-refractivity contribution in [3.05, 3.63) is 41.5 Å². The summed E-state index contributed by atoms with van der Waals surface area (Å²) in [6.45, 7) is 2.12. The van der Waals surface area contributed by atoms with E-state index in [2.05, 4.69) is 29.2 Å². The molecule has 1 aromatic rings. The third-order valence-electron chi connectivity index (χ3n) is 8.53. The Morgan fingerprint density at radius 2 is 2.15 bits per heavy atom. The molecule has 0 radical (unpaired) electrons. The predicted molar refractivity (Wildman–Crippen MR) is 97.2 cm³/mol. The molecular formula is C21H25N2O4+. The molecule has 2 bridgehead atoms. The van der Waals surface area contributed by atoms with Crippen molar-refractivity contribution in [1.29, 1.82) is 0 Å². The van der Waals surface area contributed by atoms with Crippen LogP contribution in [-0.4, -0.2) is 59.1 Å². The van der Waals surface area contributed by atoms with Crippen LogP contribution in [0.15, 0.2) is 35.9 Å². The van der Waals surface area contributed by atoms with Crippen molar-refractivity contribution in [3.8, 4) is 0 Å². The van der Waals surface area contributed by atoms with Gasteiger partial charge in [-0.15, -0.1) is 0 Å². The minimum absolute atomic E-state index is 0. The molecule has 142 valence electrons. The monoisotopic (exact) mass is 369 g/mol. The Kier molecular flexibility index (Phi) is 2.89. The molecule has 4 fully saturated rings. The zero-order valence-corrected chi connectivity index (χ0v) is 15.2. The number of amides is 1. The number of hydrogen-bond donors (Lipinski definition) is 1. The fourth-order valence-electron chi connectivity index (χ4n) is 7.79. The summed E-state index contributed by atoms with van der Waals surface area (Å²) in [4.78, 5) is 15.3. The summed E-state index contributed by atoms with van der Waals surface area (Å²) in [6, 6.07) is 8.81. The van der Waals surface area contributed by atoms with E-state index in [0.717, 1.165) is 31.6 Å². The number of para-hydroxylation sites is 1. The van der Waals surface area contributed by atoms with E-state index in [1.165, 1.54) is 11.1 Å². The molecule has 7 unspecified atom stereocenters. The van der Waals surface area contributed by atoms with Crippen LogP contribution in [0.4, 0.5) is 5.69 Å². The van der Waals surface area contributed by atoms with Crippen molar-refractivity contribution in [2.45, 2.75) is 42.9 Å². The van der Waals surface area contributed by atoms with Crippen LogP contribution in [0, 0.1) is 11.8 Å². The second-order valence-electron chi connectivity index (χ2n) is 9.18. The predicted octanol–water partition coefficient (Wildman–Crippen LogP) is 1.17. The van der Waals surface area contributed by atoms with Gasteiger partial charge in [0.25, 0.3) is 0 Å². The Balaban J connectivity index is 0.00000146. The summed E-state index contributed by atoms with van der Waals surface area (Å²) < 4.78 is 6.37. The first kappa shape index (κ1) is 16.2. The van der Waals surface area contributed by atoms with Crippen LogP contribution in [-0.2, 0) is 14.9 Å². The second kappa shape index (κ2) is 4.81. The number of fused-ring (bicyclic) bond motifs is 2. The average Bonchev–Trinajstić information content (AvgIpc) is 3.05. The van der Waals surface area contributed by atoms with Crippen LogP contribution in [0.25, 0.3) is 0 Å². The lowest BCUT2D eigenvalue weighted by atomic mass is 9.53. The molecule has 6 heteroatoms. The van der Waals surface area contributed by atoms with E-state index < -0.39 is 0 Å². The van der Waals surface area contributed by atoms with Gasteiger partial charge in [-0.05, 0) is 23.1 Å². The minimum Gasteiger partial charge on any atom is -0.412 e. The van der Waals surface area contributed by atoms with Crippen LogP contribution in [0.1, 0.15) is 24.8 Å². The van der Waals surface area contributed by atoms with Crippen LogP contribution in [0.3, 0.4) is 0 Å². The molecule has 1 amide bonds. The number of nitrogens with zero attached hydrogens (tertiary/aromatic N) is 2. The van der Waals surface area contributed by atoms with Gasteiger partial charge in [0, 0.05) is 24.4 Å². The highest BCUT2D eigenvalue weighted by Crippen LogP contribution is 2.67. The van der Waals surface area contributed by atoms with E-state index in [4.69, 9.17) is 4.74 Å². The van der Waals surface area contributed by atoms with E-state index >= 15 is 0 Å². The van der Waals surface area contributed by atoms with Gasteiger partial charge in [-0.3, -0.25) is 4.79 Å². The molecular weight excluding hydrogens is 344 g/mol. The summed E-state index contributed by atoms with van der Waals surface area (Å²) in [7, 11) is 0. The van der Waals surface area contributed by atoms with Crippen molar-refractivity contribution < 1.29 is 24.9 Å². The highest BCUT2D eigenvalue weighted by molar-refractivity contribution is 5.99. The second-order valence-corrected chi connectivity index (χ2v) is 9.18. The van der Waals surface area contributed by atoms with E-state index in [0.29, 0.717) is 24.9 Å². The number of hydroxylamine groups is 3. The van der Waals surface area contributed by atoms with Gasteiger partial charge >= 0.3 is 0 Å². The zero-order valence-electron chi connectivity index (χ0n) is 15.2. The van der Waals surface area contributed by atoms with Gasteiger partial charge in [0.15, 0.2) is 0 Å². The maximum Gasteiger partial charge on any atom is 0.229 e. The Morgan fingerprint density at radius 3 is 3.04 bits per heavy atom. The Bertz CT molecular complexity index is 900. The molecule has 1 aliphatic carbocycles. The van der Waals surface area contributed by atoms with Gasteiger partial charge in [0.2, 0.25) is 5.91 Å². The van der Waals surface area contributed by atoms with Gasteiger partial charge in [0.05, 0.1) is 30.6 Å². The smallest absolute Gasteiger partial charge is 0.229 e. The van der Waals surface area contributed by atoms with Gasteiger partial charge in [0.1, 0.15) is 19.1 Å². The van der Waals surface area contributed by atoms with Crippen LogP contribution < -0.4 is 4.90 Å². The largest absolute Gasteiger partial charge is 0.412 e. The zero-order chi connectivity index (χ0) is 17.3. The Labute approximate surface area is 157 Å². The first-order valence-electron chi connectivity index (χ1n) is 9.95. The van der Waals surface area contributed by atoms with Gasteiger partial charge < -0.3 is 15.1 Å². The number of anilines is 1. The number of benzene rings is 1. The SMILES string of the molecule is O.O=C1CC2OCC=C3C[N+]4(O)CCC56c7ccccc7N1C5C2C3CC64. The van der Waals surface area contributed by atoms with Crippen LogP contribution >= 0.6 is 0 Å². The Hall–Kier alpha value is -1.73. The fraction of sp³-hybridized carbons (Fsp3) is 0.571. The van der Waals surface area contributed by atoms with Crippen molar-refractivity contribution in [2.24, 2.45) is 11.8 Å². The molecule has 27 heavy (non-hydrogen) atoms. The number of hydrogen-bond acceptors (Lipinski definition) is 3. The van der Waals surface area contributed by atoms with Crippen molar-refractivity contribution in [3.63, 3.8) is 0 Å². The maximum absolute atomic E-state index is 13.2. The van der Waals surface area contributed by atoms with Gasteiger partial charge in [-0.25, -0.2) is 5.21 Å². The molecule has 5 heterocycles. The number of quaternary nitrogens is 1. The third kappa shape index (κ3) is 1.58. The van der Waals surface area contributed by atoms with E-state index in [1.807, 2.05) is 6.07 Å². The summed E-state index contributed by atoms with van der Waals surface area (Å²) in [5, 5.41) is 11.6. The third-order valence-corrected chi connectivity index (χ3v) is 8.53. The number of rotatable bonds is 0. The summed E-state index contributed by atoms with van der Waals surface area (Å²) in [5.41, 5.74) is 3.65. The van der Waals surface area contributed by atoms with Crippen molar-refractivity contribution in [2.75, 3.05) is 24.6 Å². The number of ether oxygens (including phenoxy) is 1. The molecule has 1 spiro atoms. The summed E-state index contributed by atoms with van der Waals surface area (Å²) >= 11 is 0. The molecule has 7 atom stereocenters. The molecule has 3 saturated heterocycles. The van der Waals surface area contributed by atoms with Gasteiger partial charge in [-0.2, -0.15) is 4.65 Å². The highest BCUT2D eigenvalue weighted by atomic mass is 16.6. The first-order chi connectivity index (χ1) is 12.6. The van der Waals surface area contributed by atoms with Crippen molar-refractivity contribution >= 4 is 11.6 Å². The maximum atomic E-state index is 13.2. The molecule has 5 aliphatic heterocycles. The molecule has 6 aliphatic rings. The summed E-state index contributed by atoms with van der Waals surface area (Å²) in [6.07, 6.45) is 4.71. The Morgan fingerprint density at radius 1 is 1.30 bits per heavy atom. The lowest BCUT2D eigenvalue weighted by Crippen LogP contribution is -2.72. The lowest BCUT2D eigenvalue weighted by molar-refractivity contribution is -1.11. The number of carbonyl (C=O) groups excluding carboxylic acids is 1. The lowest BCUT2D eigenvalue weighted by Gasteiger charge is -2.58. The summed E-state index contributed by atoms with van der Waals surface area (Å²) in [5.74, 6) is 1.01. The topological polar surface area (TPSA) is 81.3 Å². The van der Waals surface area contributed by atoms with E-state index in [9.17, 15) is 10.0 Å². The normalized spacial score (nSPS) is 47.7. The highest BCUT2D eigenvalue weighted by Gasteiger charge is 2.76. The van der Waals surface area contributed by atoms with Crippen LogP contribution in [0.2, 0.25) is 0 Å². The molecule has 6 nitrogen and oxygen atoms in total. The number of piperidine rings is 2. The molecule has 7 rings (SSSR count). The molecule has 3 N–H and O–H groups in total. The van der Waals surface area contributed by atoms with E-state index in [-0.39, 0.29) is 39.6 Å². The van der Waals surface area contributed by atoms with Gasteiger partial charge in [-0.1, -0.05) is 24.3 Å². The number of carbonyl (C=O) groups is 1. The molecule has 0 aromatic heterocycles. The van der Waals surface area contributed by atoms with Crippen LogP contribution in [0.5, 0.6) is 0 Å². The van der Waals surface area contributed by atoms with E-state index in [1.54, 1.807) is 0 Å². The average molecular weight is 369 g/mol. The van der Waals surface area contributed by atoms with Crippen molar-refractivity contribution in [1.82, 2.24) is 0 Å². The first-order valence-corrected chi connectivity index (χ1v) is 9.95. The minimum atomic E-state index is -0.111. The standard InChI is InChI=1S/C21H23N2O3.H2O/c24-18-10-16-19-13-9-17-21(6-7-23(17,25)11-12(13)5-8-26-16)14-3-1-2-4-15(14)22(18)20(19)21;/h1-5,13,16-17,19-20,25H,6-11H2;1H2/q+1;. The quantitative estimate of drug-likeness (QED) is 0.551. The molecule has 1 aromatic carbocycles. The molecule has 1 saturated carbocycles.